The Kier molecular flexibility index (Phi) is 4.46. The molecular formula is C13H14BrN5. The Morgan fingerprint density at radius 2 is 2.26 bits per heavy atom. The number of aromatic nitrogens is 3. The summed E-state index contributed by atoms with van der Waals surface area (Å²) in [5, 5.41) is 13.9. The van der Waals surface area contributed by atoms with E-state index in [1.54, 1.807) is 12.3 Å². The van der Waals surface area contributed by atoms with Crippen molar-refractivity contribution in [3.8, 4) is 0 Å². The standard InChI is InChI=1S/C13H14BrN5/c1-3-6-15-13-18-12(8-16-19-13)17-10-5-4-9(2)11(14)7-10/h3-5,7-8H,1,6H2,2H3,(H2,15,17,18,19). The molecule has 0 spiro atoms. The summed E-state index contributed by atoms with van der Waals surface area (Å²) >= 11 is 3.50. The second kappa shape index (κ2) is 6.29. The maximum absolute atomic E-state index is 4.30. The summed E-state index contributed by atoms with van der Waals surface area (Å²) in [7, 11) is 0. The molecule has 1 heterocycles. The summed E-state index contributed by atoms with van der Waals surface area (Å²) in [5.41, 5.74) is 2.12. The van der Waals surface area contributed by atoms with Crippen molar-refractivity contribution < 1.29 is 0 Å². The van der Waals surface area contributed by atoms with Crippen molar-refractivity contribution in [1.82, 2.24) is 15.2 Å². The average molecular weight is 320 g/mol. The van der Waals surface area contributed by atoms with Crippen LogP contribution in [0.15, 0.2) is 41.5 Å². The van der Waals surface area contributed by atoms with Gasteiger partial charge in [-0.05, 0) is 24.6 Å². The van der Waals surface area contributed by atoms with Gasteiger partial charge in [-0.1, -0.05) is 28.1 Å². The lowest BCUT2D eigenvalue weighted by atomic mass is 10.2. The largest absolute Gasteiger partial charge is 0.349 e. The predicted octanol–water partition coefficient (Wildman–Crippen LogP) is 3.28. The topological polar surface area (TPSA) is 62.7 Å². The van der Waals surface area contributed by atoms with Gasteiger partial charge in [-0.2, -0.15) is 10.1 Å². The van der Waals surface area contributed by atoms with E-state index in [1.807, 2.05) is 25.1 Å². The fourth-order valence-electron chi connectivity index (χ4n) is 1.42. The molecule has 0 saturated heterocycles. The van der Waals surface area contributed by atoms with Crippen LogP contribution in [0.5, 0.6) is 0 Å². The maximum Gasteiger partial charge on any atom is 0.244 e. The van der Waals surface area contributed by atoms with Crippen LogP contribution in [-0.2, 0) is 0 Å². The number of anilines is 3. The second-order valence-corrected chi connectivity index (χ2v) is 4.78. The van der Waals surface area contributed by atoms with Crippen molar-refractivity contribution >= 4 is 33.4 Å². The van der Waals surface area contributed by atoms with Crippen LogP contribution in [0.4, 0.5) is 17.5 Å². The van der Waals surface area contributed by atoms with Gasteiger partial charge in [0.15, 0.2) is 5.82 Å². The molecule has 19 heavy (non-hydrogen) atoms. The van der Waals surface area contributed by atoms with Gasteiger partial charge in [0.05, 0.1) is 6.20 Å². The third kappa shape index (κ3) is 3.75. The van der Waals surface area contributed by atoms with Crippen molar-refractivity contribution in [3.63, 3.8) is 0 Å². The zero-order valence-electron chi connectivity index (χ0n) is 10.5. The molecule has 5 nitrogen and oxygen atoms in total. The molecule has 2 N–H and O–H groups in total. The average Bonchev–Trinajstić information content (AvgIpc) is 2.41. The van der Waals surface area contributed by atoms with Crippen LogP contribution >= 0.6 is 15.9 Å². The van der Waals surface area contributed by atoms with Gasteiger partial charge in [-0.25, -0.2) is 0 Å². The van der Waals surface area contributed by atoms with Gasteiger partial charge >= 0.3 is 0 Å². The minimum absolute atomic E-state index is 0.469. The highest BCUT2D eigenvalue weighted by Gasteiger charge is 2.02. The van der Waals surface area contributed by atoms with Crippen molar-refractivity contribution in [1.29, 1.82) is 0 Å². The van der Waals surface area contributed by atoms with Gasteiger partial charge in [0.1, 0.15) is 0 Å². The number of rotatable bonds is 5. The Labute approximate surface area is 120 Å². The molecule has 6 heteroatoms. The van der Waals surface area contributed by atoms with Crippen LogP contribution in [0, 0.1) is 6.92 Å². The number of benzene rings is 1. The molecule has 1 aromatic heterocycles. The molecule has 1 aromatic carbocycles. The molecule has 0 amide bonds. The van der Waals surface area contributed by atoms with E-state index in [0.717, 1.165) is 10.2 Å². The van der Waals surface area contributed by atoms with E-state index in [4.69, 9.17) is 0 Å². The van der Waals surface area contributed by atoms with E-state index in [1.165, 1.54) is 5.56 Å². The lowest BCUT2D eigenvalue weighted by Gasteiger charge is -2.08. The summed E-state index contributed by atoms with van der Waals surface area (Å²) < 4.78 is 1.05. The van der Waals surface area contributed by atoms with Crippen molar-refractivity contribution in [2.45, 2.75) is 6.92 Å². The van der Waals surface area contributed by atoms with E-state index in [2.05, 4.69) is 48.3 Å². The lowest BCUT2D eigenvalue weighted by molar-refractivity contribution is 0.968. The summed E-state index contributed by atoms with van der Waals surface area (Å²) in [6, 6.07) is 6.01. The number of hydrogen-bond acceptors (Lipinski definition) is 5. The summed E-state index contributed by atoms with van der Waals surface area (Å²) in [4.78, 5) is 4.30. The molecular weight excluding hydrogens is 306 g/mol. The van der Waals surface area contributed by atoms with Gasteiger partial charge in [0.2, 0.25) is 5.95 Å². The Balaban J connectivity index is 2.13. The Hall–Kier alpha value is -1.95. The van der Waals surface area contributed by atoms with Crippen LogP contribution in [0.2, 0.25) is 0 Å². The molecule has 0 bridgehead atoms. The van der Waals surface area contributed by atoms with E-state index < -0.39 is 0 Å². The Morgan fingerprint density at radius 1 is 1.42 bits per heavy atom. The summed E-state index contributed by atoms with van der Waals surface area (Å²) in [6.45, 7) is 6.26. The number of hydrogen-bond donors (Lipinski definition) is 2. The number of halogens is 1. The fraction of sp³-hybridized carbons (Fsp3) is 0.154. The molecule has 0 atom stereocenters. The second-order valence-electron chi connectivity index (χ2n) is 3.92. The highest BCUT2D eigenvalue weighted by Crippen LogP contribution is 2.22. The first kappa shape index (κ1) is 13.5. The molecule has 2 rings (SSSR count). The lowest BCUT2D eigenvalue weighted by Crippen LogP contribution is -2.05. The van der Waals surface area contributed by atoms with Gasteiger partial charge in [-0.15, -0.1) is 11.7 Å². The first-order chi connectivity index (χ1) is 9.19. The van der Waals surface area contributed by atoms with E-state index in [-0.39, 0.29) is 0 Å². The molecule has 0 saturated carbocycles. The quantitative estimate of drug-likeness (QED) is 0.828. The van der Waals surface area contributed by atoms with Crippen LogP contribution in [-0.4, -0.2) is 21.7 Å². The van der Waals surface area contributed by atoms with Gasteiger partial charge in [0.25, 0.3) is 0 Å². The third-order valence-electron chi connectivity index (χ3n) is 2.41. The van der Waals surface area contributed by atoms with Gasteiger partial charge < -0.3 is 10.6 Å². The van der Waals surface area contributed by atoms with Crippen LogP contribution < -0.4 is 10.6 Å². The molecule has 0 aliphatic carbocycles. The molecule has 0 aliphatic heterocycles. The fourth-order valence-corrected chi connectivity index (χ4v) is 1.80. The summed E-state index contributed by atoms with van der Waals surface area (Å²) in [6.07, 6.45) is 3.31. The number of nitrogens with zero attached hydrogens (tertiary/aromatic N) is 3. The van der Waals surface area contributed by atoms with E-state index in [9.17, 15) is 0 Å². The predicted molar refractivity (Wildman–Crippen MR) is 80.7 cm³/mol. The van der Waals surface area contributed by atoms with E-state index in [0.29, 0.717) is 18.3 Å². The first-order valence-corrected chi connectivity index (χ1v) is 6.56. The minimum atomic E-state index is 0.469. The number of aryl methyl sites for hydroxylation is 1. The Bertz CT molecular complexity index is 585. The van der Waals surface area contributed by atoms with Gasteiger partial charge in [-0.3, -0.25) is 0 Å². The molecule has 98 valence electrons. The minimum Gasteiger partial charge on any atom is -0.349 e. The van der Waals surface area contributed by atoms with Crippen LogP contribution in [0.25, 0.3) is 0 Å². The first-order valence-electron chi connectivity index (χ1n) is 5.76. The maximum atomic E-state index is 4.30. The van der Waals surface area contributed by atoms with Crippen LogP contribution in [0.1, 0.15) is 5.56 Å². The number of nitrogens with one attached hydrogen (secondary N) is 2. The van der Waals surface area contributed by atoms with Crippen LogP contribution in [0.3, 0.4) is 0 Å². The molecule has 0 fully saturated rings. The van der Waals surface area contributed by atoms with Crippen molar-refractivity contribution in [3.05, 3.63) is 47.1 Å². The highest BCUT2D eigenvalue weighted by atomic mass is 79.9. The SMILES string of the molecule is C=CCNc1nncc(Nc2ccc(C)c(Br)c2)n1. The zero-order chi connectivity index (χ0) is 13.7. The smallest absolute Gasteiger partial charge is 0.244 e. The Morgan fingerprint density at radius 3 is 3.00 bits per heavy atom. The third-order valence-corrected chi connectivity index (χ3v) is 3.26. The van der Waals surface area contributed by atoms with Crippen molar-refractivity contribution in [2.75, 3.05) is 17.2 Å². The van der Waals surface area contributed by atoms with E-state index >= 15 is 0 Å². The van der Waals surface area contributed by atoms with Gasteiger partial charge in [0, 0.05) is 16.7 Å². The molecule has 0 unspecified atom stereocenters. The zero-order valence-corrected chi connectivity index (χ0v) is 12.1. The molecule has 0 aliphatic rings. The monoisotopic (exact) mass is 319 g/mol. The summed E-state index contributed by atoms with van der Waals surface area (Å²) in [5.74, 6) is 1.10. The molecule has 0 radical (unpaired) electrons. The molecule has 2 aromatic rings. The normalized spacial score (nSPS) is 10.0. The van der Waals surface area contributed by atoms with Crippen molar-refractivity contribution in [2.24, 2.45) is 0 Å². The highest BCUT2D eigenvalue weighted by molar-refractivity contribution is 9.10.